The number of rotatable bonds is 4. The lowest BCUT2D eigenvalue weighted by molar-refractivity contribution is -0.117. The summed E-state index contributed by atoms with van der Waals surface area (Å²) in [7, 11) is 0. The molecule has 1 aromatic heterocycles. The Labute approximate surface area is 115 Å². The minimum absolute atomic E-state index is 0.00437. The van der Waals surface area contributed by atoms with Crippen molar-refractivity contribution >= 4 is 22.7 Å². The maximum atomic E-state index is 12.0. The number of hydrogen-bond acceptors (Lipinski definition) is 3. The van der Waals surface area contributed by atoms with Gasteiger partial charge in [-0.1, -0.05) is 6.92 Å². The van der Waals surface area contributed by atoms with Crippen LogP contribution in [0.25, 0.3) is 10.9 Å². The Hall–Kier alpha value is -2.43. The largest absolute Gasteiger partial charge is 0.478 e. The van der Waals surface area contributed by atoms with Gasteiger partial charge < -0.3 is 9.67 Å². The number of Topliss-reactive ketones (excluding diaryl/α,β-unsaturated/α-hetero) is 1. The summed E-state index contributed by atoms with van der Waals surface area (Å²) in [6, 6.07) is 6.03. The molecular weight excluding hydrogens is 258 g/mol. The molecule has 0 saturated carbocycles. The zero-order valence-electron chi connectivity index (χ0n) is 11.3. The highest BCUT2D eigenvalue weighted by molar-refractivity contribution is 5.95. The first-order chi connectivity index (χ1) is 9.43. The molecule has 1 heterocycles. The third-order valence-corrected chi connectivity index (χ3v) is 3.17. The zero-order valence-corrected chi connectivity index (χ0v) is 11.3. The number of aromatic carboxylic acids is 1. The molecule has 2 rings (SSSR count). The van der Waals surface area contributed by atoms with Crippen molar-refractivity contribution in [1.29, 1.82) is 0 Å². The summed E-state index contributed by atoms with van der Waals surface area (Å²) < 4.78 is 1.40. The van der Waals surface area contributed by atoms with Gasteiger partial charge in [-0.05, 0) is 42.5 Å². The van der Waals surface area contributed by atoms with E-state index in [1.807, 2.05) is 6.92 Å². The number of carboxylic acid groups (broad SMARTS) is 1. The Morgan fingerprint density at radius 3 is 2.50 bits per heavy atom. The number of carbonyl (C=O) groups is 2. The van der Waals surface area contributed by atoms with Crippen LogP contribution in [0.15, 0.2) is 29.1 Å². The first-order valence-electron chi connectivity index (χ1n) is 6.33. The Morgan fingerprint density at radius 2 is 1.95 bits per heavy atom. The minimum Gasteiger partial charge on any atom is -0.478 e. The number of fused-ring (bicyclic) bond motifs is 1. The molecule has 0 saturated heterocycles. The van der Waals surface area contributed by atoms with Crippen LogP contribution in [0, 0.1) is 0 Å². The van der Waals surface area contributed by atoms with Crippen molar-refractivity contribution < 1.29 is 14.7 Å². The van der Waals surface area contributed by atoms with Crippen LogP contribution >= 0.6 is 0 Å². The molecule has 20 heavy (non-hydrogen) atoms. The monoisotopic (exact) mass is 273 g/mol. The highest BCUT2D eigenvalue weighted by atomic mass is 16.4. The summed E-state index contributed by atoms with van der Waals surface area (Å²) in [5.74, 6) is -1.13. The number of carbonyl (C=O) groups excluding carboxylic acids is 1. The quantitative estimate of drug-likeness (QED) is 0.922. The summed E-state index contributed by atoms with van der Waals surface area (Å²) in [4.78, 5) is 34.4. The average molecular weight is 273 g/mol. The van der Waals surface area contributed by atoms with Crippen molar-refractivity contribution in [1.82, 2.24) is 4.57 Å². The van der Waals surface area contributed by atoms with Crippen molar-refractivity contribution in [3.8, 4) is 0 Å². The van der Waals surface area contributed by atoms with E-state index in [1.54, 1.807) is 12.1 Å². The Balaban J connectivity index is 2.86. The first kappa shape index (κ1) is 14.0. The molecule has 0 fully saturated rings. The van der Waals surface area contributed by atoms with E-state index in [-0.39, 0.29) is 23.5 Å². The number of benzene rings is 1. The van der Waals surface area contributed by atoms with Crippen molar-refractivity contribution in [3.63, 3.8) is 0 Å². The molecule has 0 amide bonds. The van der Waals surface area contributed by atoms with E-state index in [0.717, 1.165) is 5.56 Å². The van der Waals surface area contributed by atoms with Crippen LogP contribution < -0.4 is 5.56 Å². The van der Waals surface area contributed by atoms with Crippen LogP contribution in [0.2, 0.25) is 0 Å². The van der Waals surface area contributed by atoms with Gasteiger partial charge in [-0.2, -0.15) is 0 Å². The number of pyridine rings is 1. The predicted molar refractivity (Wildman–Crippen MR) is 75.2 cm³/mol. The van der Waals surface area contributed by atoms with Gasteiger partial charge in [0.15, 0.2) is 0 Å². The van der Waals surface area contributed by atoms with Crippen LogP contribution in [0.5, 0.6) is 0 Å². The van der Waals surface area contributed by atoms with E-state index in [0.29, 0.717) is 17.3 Å². The van der Waals surface area contributed by atoms with Gasteiger partial charge in [-0.3, -0.25) is 9.59 Å². The van der Waals surface area contributed by atoms with Gasteiger partial charge in [0.05, 0.1) is 17.6 Å². The fraction of sp³-hybridized carbons (Fsp3) is 0.267. The molecular formula is C15H15NO4. The van der Waals surface area contributed by atoms with E-state index in [2.05, 4.69) is 0 Å². The van der Waals surface area contributed by atoms with Crippen molar-refractivity contribution in [2.75, 3.05) is 0 Å². The molecule has 0 radical (unpaired) electrons. The Bertz CT molecular complexity index is 758. The third kappa shape index (κ3) is 2.47. The lowest BCUT2D eigenvalue weighted by Crippen LogP contribution is -2.23. The molecule has 0 spiro atoms. The molecule has 104 valence electrons. The average Bonchev–Trinajstić information content (AvgIpc) is 2.40. The van der Waals surface area contributed by atoms with Crippen LogP contribution in [0.1, 0.15) is 29.8 Å². The second-order valence-electron chi connectivity index (χ2n) is 4.69. The highest BCUT2D eigenvalue weighted by Gasteiger charge is 2.13. The summed E-state index contributed by atoms with van der Waals surface area (Å²) in [6.45, 7) is 3.30. The molecule has 0 aliphatic rings. The highest BCUT2D eigenvalue weighted by Crippen LogP contribution is 2.21. The van der Waals surface area contributed by atoms with E-state index in [9.17, 15) is 14.4 Å². The lowest BCUT2D eigenvalue weighted by atomic mass is 10.0. The fourth-order valence-electron chi connectivity index (χ4n) is 2.31. The number of nitrogens with zero attached hydrogens (tertiary/aromatic N) is 1. The second kappa shape index (κ2) is 5.28. The normalized spacial score (nSPS) is 10.7. The molecule has 1 N–H and O–H groups in total. The molecule has 5 nitrogen and oxygen atoms in total. The zero-order chi connectivity index (χ0) is 14.9. The molecule has 2 aromatic rings. The molecule has 0 bridgehead atoms. The predicted octanol–water partition coefficient (Wildman–Crippen LogP) is 1.85. The van der Waals surface area contributed by atoms with Crippen LogP contribution in [0.3, 0.4) is 0 Å². The molecule has 1 aromatic carbocycles. The van der Waals surface area contributed by atoms with E-state index >= 15 is 0 Å². The summed E-state index contributed by atoms with van der Waals surface area (Å²) in [5.41, 5.74) is 1.31. The number of carboxylic acids is 1. The van der Waals surface area contributed by atoms with Crippen LogP contribution in [-0.2, 0) is 17.8 Å². The third-order valence-electron chi connectivity index (χ3n) is 3.17. The van der Waals surface area contributed by atoms with Gasteiger partial charge in [0.25, 0.3) is 5.56 Å². The maximum Gasteiger partial charge on any atom is 0.335 e. The summed E-state index contributed by atoms with van der Waals surface area (Å²) in [6.07, 6.45) is 0.582. The SMILES string of the molecule is CCc1cc(C(=O)O)cc2ccc(=O)n(CC(C)=O)c12. The minimum atomic E-state index is -1.01. The number of aryl methyl sites for hydroxylation is 1. The van der Waals surface area contributed by atoms with E-state index in [1.165, 1.54) is 23.6 Å². The lowest BCUT2D eigenvalue weighted by Gasteiger charge is -2.13. The van der Waals surface area contributed by atoms with Gasteiger partial charge in [0, 0.05) is 6.07 Å². The van der Waals surface area contributed by atoms with Gasteiger partial charge in [0.1, 0.15) is 5.78 Å². The Morgan fingerprint density at radius 1 is 1.25 bits per heavy atom. The van der Waals surface area contributed by atoms with Crippen molar-refractivity contribution in [2.45, 2.75) is 26.8 Å². The smallest absolute Gasteiger partial charge is 0.335 e. The van der Waals surface area contributed by atoms with Gasteiger partial charge in [-0.15, -0.1) is 0 Å². The van der Waals surface area contributed by atoms with Gasteiger partial charge >= 0.3 is 5.97 Å². The van der Waals surface area contributed by atoms with Crippen molar-refractivity contribution in [3.05, 3.63) is 45.7 Å². The second-order valence-corrected chi connectivity index (χ2v) is 4.69. The van der Waals surface area contributed by atoms with Crippen molar-refractivity contribution in [2.24, 2.45) is 0 Å². The fourth-order valence-corrected chi connectivity index (χ4v) is 2.31. The van der Waals surface area contributed by atoms with E-state index < -0.39 is 5.97 Å². The topological polar surface area (TPSA) is 76.4 Å². The molecule has 0 aliphatic carbocycles. The molecule has 0 atom stereocenters. The van der Waals surface area contributed by atoms with Gasteiger partial charge in [-0.25, -0.2) is 4.79 Å². The number of ketones is 1. The molecule has 0 unspecified atom stereocenters. The first-order valence-corrected chi connectivity index (χ1v) is 6.33. The Kier molecular flexibility index (Phi) is 3.70. The van der Waals surface area contributed by atoms with Gasteiger partial charge in [0.2, 0.25) is 0 Å². The molecule has 5 heteroatoms. The summed E-state index contributed by atoms with van der Waals surface area (Å²) >= 11 is 0. The van der Waals surface area contributed by atoms with Crippen LogP contribution in [-0.4, -0.2) is 21.4 Å². The number of hydrogen-bond donors (Lipinski definition) is 1. The standard InChI is InChI=1S/C15H15NO4/c1-3-10-6-12(15(19)20)7-11-4-5-13(18)16(14(10)11)8-9(2)17/h4-7H,3,8H2,1-2H3,(H,19,20). The number of aromatic nitrogens is 1. The van der Waals surface area contributed by atoms with E-state index in [4.69, 9.17) is 5.11 Å². The van der Waals surface area contributed by atoms with Crippen LogP contribution in [0.4, 0.5) is 0 Å². The summed E-state index contributed by atoms with van der Waals surface area (Å²) in [5, 5.41) is 9.77. The molecule has 0 aliphatic heterocycles. The maximum absolute atomic E-state index is 12.0.